The van der Waals surface area contributed by atoms with Gasteiger partial charge in [0.05, 0.1) is 6.61 Å². The third-order valence-corrected chi connectivity index (χ3v) is 12.6. The van der Waals surface area contributed by atoms with E-state index in [-0.39, 0.29) is 31.6 Å². The van der Waals surface area contributed by atoms with Crippen LogP contribution in [0.1, 0.15) is 271 Å². The number of rotatable bonds is 53. The van der Waals surface area contributed by atoms with Crippen LogP contribution in [0.3, 0.4) is 0 Å². The van der Waals surface area contributed by atoms with Gasteiger partial charge in [-0.2, -0.15) is 0 Å². The van der Waals surface area contributed by atoms with Gasteiger partial charge in [0.25, 0.3) is 0 Å². The van der Waals surface area contributed by atoms with Crippen LogP contribution in [0.2, 0.25) is 0 Å². The molecule has 0 aliphatic rings. The Morgan fingerprint density at radius 2 is 0.614 bits per heavy atom. The molecular formula is C65H110O5. The summed E-state index contributed by atoms with van der Waals surface area (Å²) in [5.74, 6) is -0.657. The summed E-state index contributed by atoms with van der Waals surface area (Å²) in [7, 11) is 0. The molecule has 0 bridgehead atoms. The molecule has 5 heteroatoms. The van der Waals surface area contributed by atoms with E-state index < -0.39 is 6.10 Å². The topological polar surface area (TPSA) is 72.8 Å². The molecule has 0 radical (unpaired) electrons. The maximum absolute atomic E-state index is 12.3. The van der Waals surface area contributed by atoms with Crippen LogP contribution in [-0.4, -0.2) is 36.4 Å². The highest BCUT2D eigenvalue weighted by molar-refractivity contribution is 5.70. The predicted molar refractivity (Wildman–Crippen MR) is 306 cm³/mol. The molecular weight excluding hydrogens is 861 g/mol. The summed E-state index contributed by atoms with van der Waals surface area (Å²) in [4.78, 5) is 24.5. The van der Waals surface area contributed by atoms with Gasteiger partial charge in [-0.05, 0) is 77.0 Å². The quantitative estimate of drug-likeness (QED) is 0.0373. The number of carbonyl (C=O) groups is 2. The standard InChI is InChI=1S/C65H110O5/c1-3-5-7-9-11-13-15-17-19-21-23-25-27-29-31-32-34-36-38-40-42-44-46-48-50-52-54-56-58-60-65(68)70-63(61-66)62-69-64(67)59-57-55-53-51-49-47-45-43-41-39-37-35-33-30-28-26-24-22-20-18-16-14-12-10-8-6-4-2/h5,7,11,13,17,19,23,25,29,31,34,36,40,42,46,48,52,54,63,66H,3-4,6,8-10,12,14-16,18,20-22,24,26-28,30,32-33,35,37-39,41,43-45,47,49-51,53,55-62H2,1-2H3/b7-5-,13-11-,19-17-,25-23-,31-29-,36-34-,42-40-,48-46-,54-52-. The highest BCUT2D eigenvalue weighted by Gasteiger charge is 2.16. The lowest BCUT2D eigenvalue weighted by atomic mass is 10.0. The molecule has 1 N–H and O–H groups in total. The van der Waals surface area contributed by atoms with Crippen molar-refractivity contribution in [3.05, 3.63) is 109 Å². The van der Waals surface area contributed by atoms with Crippen molar-refractivity contribution in [3.8, 4) is 0 Å². The highest BCUT2D eigenvalue weighted by Crippen LogP contribution is 2.17. The summed E-state index contributed by atoms with van der Waals surface area (Å²) in [5, 5.41) is 9.65. The Balaban J connectivity index is 3.60. The second kappa shape index (κ2) is 59.9. The zero-order valence-corrected chi connectivity index (χ0v) is 45.7. The van der Waals surface area contributed by atoms with E-state index in [1.54, 1.807) is 0 Å². The summed E-state index contributed by atoms with van der Waals surface area (Å²) in [6, 6.07) is 0. The molecule has 0 spiro atoms. The first-order valence-corrected chi connectivity index (χ1v) is 29.4. The lowest BCUT2D eigenvalue weighted by molar-refractivity contribution is -0.161. The smallest absolute Gasteiger partial charge is 0.306 e. The average molecular weight is 972 g/mol. The summed E-state index contributed by atoms with van der Waals surface area (Å²) in [6.07, 6.45) is 86.5. The Morgan fingerprint density at radius 3 is 0.914 bits per heavy atom. The van der Waals surface area contributed by atoms with Crippen LogP contribution in [-0.2, 0) is 19.1 Å². The molecule has 0 aromatic rings. The molecule has 0 aromatic heterocycles. The van der Waals surface area contributed by atoms with Gasteiger partial charge in [-0.25, -0.2) is 0 Å². The van der Waals surface area contributed by atoms with Gasteiger partial charge < -0.3 is 14.6 Å². The summed E-state index contributed by atoms with van der Waals surface area (Å²) < 4.78 is 10.7. The Bertz CT molecular complexity index is 1380. The molecule has 0 aliphatic carbocycles. The SMILES string of the molecule is CC/C=C\C/C=C\C/C=C\C/C=C\C/C=C\C/C=C\C/C=C\C/C=C\C/C=C\CCCC(=O)OC(CO)COC(=O)CCCCCCCCCCCCCCCCCCCCCCCCCCCCC. The molecule has 0 aliphatic heterocycles. The Hall–Kier alpha value is -3.44. The molecule has 0 saturated heterocycles. The molecule has 70 heavy (non-hydrogen) atoms. The van der Waals surface area contributed by atoms with E-state index in [0.29, 0.717) is 12.8 Å². The van der Waals surface area contributed by atoms with E-state index in [1.807, 2.05) is 0 Å². The van der Waals surface area contributed by atoms with E-state index in [2.05, 4.69) is 123 Å². The van der Waals surface area contributed by atoms with Crippen LogP contribution >= 0.6 is 0 Å². The first-order chi connectivity index (χ1) is 34.6. The van der Waals surface area contributed by atoms with Crippen molar-refractivity contribution in [2.24, 2.45) is 0 Å². The van der Waals surface area contributed by atoms with E-state index in [4.69, 9.17) is 9.47 Å². The monoisotopic (exact) mass is 971 g/mol. The van der Waals surface area contributed by atoms with Crippen LogP contribution in [0.4, 0.5) is 0 Å². The molecule has 0 heterocycles. The van der Waals surface area contributed by atoms with E-state index in [0.717, 1.165) is 83.5 Å². The molecule has 0 saturated carbocycles. The molecule has 1 atom stereocenters. The van der Waals surface area contributed by atoms with Gasteiger partial charge in [0, 0.05) is 12.8 Å². The lowest BCUT2D eigenvalue weighted by Gasteiger charge is -2.15. The number of esters is 2. The third-order valence-electron chi connectivity index (χ3n) is 12.6. The van der Waals surface area contributed by atoms with Crippen LogP contribution in [0.15, 0.2) is 109 Å². The number of aliphatic hydroxyl groups is 1. The minimum absolute atomic E-state index is 0.0927. The lowest BCUT2D eigenvalue weighted by Crippen LogP contribution is -2.28. The van der Waals surface area contributed by atoms with Gasteiger partial charge in [-0.1, -0.05) is 290 Å². The second-order valence-corrected chi connectivity index (χ2v) is 19.3. The largest absolute Gasteiger partial charge is 0.462 e. The Labute approximate surface area is 433 Å². The molecule has 0 rings (SSSR count). The minimum atomic E-state index is -0.810. The van der Waals surface area contributed by atoms with Crippen LogP contribution in [0.5, 0.6) is 0 Å². The minimum Gasteiger partial charge on any atom is -0.462 e. The average Bonchev–Trinajstić information content (AvgIpc) is 3.36. The molecule has 0 amide bonds. The van der Waals surface area contributed by atoms with Crippen molar-refractivity contribution in [1.82, 2.24) is 0 Å². The zero-order valence-electron chi connectivity index (χ0n) is 45.7. The molecule has 5 nitrogen and oxygen atoms in total. The fourth-order valence-corrected chi connectivity index (χ4v) is 8.21. The van der Waals surface area contributed by atoms with Gasteiger partial charge in [0.2, 0.25) is 0 Å². The number of ether oxygens (including phenoxy) is 2. The van der Waals surface area contributed by atoms with Crippen LogP contribution in [0, 0.1) is 0 Å². The van der Waals surface area contributed by atoms with Crippen LogP contribution in [0.25, 0.3) is 0 Å². The van der Waals surface area contributed by atoms with E-state index >= 15 is 0 Å². The van der Waals surface area contributed by atoms with Gasteiger partial charge in [-0.3, -0.25) is 9.59 Å². The van der Waals surface area contributed by atoms with Crippen LogP contribution < -0.4 is 0 Å². The summed E-state index contributed by atoms with van der Waals surface area (Å²) >= 11 is 0. The molecule has 1 unspecified atom stereocenters. The van der Waals surface area contributed by atoms with Crippen molar-refractivity contribution < 1.29 is 24.2 Å². The number of carbonyl (C=O) groups excluding carboxylic acids is 2. The van der Waals surface area contributed by atoms with Gasteiger partial charge in [0.15, 0.2) is 6.10 Å². The van der Waals surface area contributed by atoms with E-state index in [1.165, 1.54) is 154 Å². The summed E-state index contributed by atoms with van der Waals surface area (Å²) in [5.41, 5.74) is 0. The fraction of sp³-hybridized carbons (Fsp3) is 0.692. The number of aliphatic hydroxyl groups excluding tert-OH is 1. The van der Waals surface area contributed by atoms with Gasteiger partial charge in [0.1, 0.15) is 6.61 Å². The Morgan fingerprint density at radius 1 is 0.343 bits per heavy atom. The van der Waals surface area contributed by atoms with Gasteiger partial charge >= 0.3 is 11.9 Å². The molecule has 0 fully saturated rings. The third kappa shape index (κ3) is 57.1. The van der Waals surface area contributed by atoms with Crippen molar-refractivity contribution >= 4 is 11.9 Å². The number of hydrogen-bond acceptors (Lipinski definition) is 5. The van der Waals surface area contributed by atoms with Crippen molar-refractivity contribution in [2.75, 3.05) is 13.2 Å². The predicted octanol–water partition coefficient (Wildman–Crippen LogP) is 20.1. The summed E-state index contributed by atoms with van der Waals surface area (Å²) in [6.45, 7) is 4.00. The van der Waals surface area contributed by atoms with E-state index in [9.17, 15) is 14.7 Å². The Kier molecular flexibility index (Phi) is 56.9. The zero-order chi connectivity index (χ0) is 50.6. The van der Waals surface area contributed by atoms with Crippen molar-refractivity contribution in [3.63, 3.8) is 0 Å². The van der Waals surface area contributed by atoms with Crippen molar-refractivity contribution in [2.45, 2.75) is 277 Å². The number of hydrogen-bond donors (Lipinski definition) is 1. The maximum atomic E-state index is 12.3. The maximum Gasteiger partial charge on any atom is 0.306 e. The highest BCUT2D eigenvalue weighted by atomic mass is 16.6. The second-order valence-electron chi connectivity index (χ2n) is 19.3. The normalized spacial score (nSPS) is 13.0. The van der Waals surface area contributed by atoms with Gasteiger partial charge in [-0.15, -0.1) is 0 Å². The number of unbranched alkanes of at least 4 members (excludes halogenated alkanes) is 27. The molecule has 0 aromatic carbocycles. The fourth-order valence-electron chi connectivity index (χ4n) is 8.21. The first kappa shape index (κ1) is 66.6. The molecule has 400 valence electrons. The first-order valence-electron chi connectivity index (χ1n) is 29.4. The van der Waals surface area contributed by atoms with Crippen molar-refractivity contribution in [1.29, 1.82) is 0 Å². The number of allylic oxidation sites excluding steroid dienone is 18.